The van der Waals surface area contributed by atoms with Crippen molar-refractivity contribution >= 4 is 0 Å². The highest BCUT2D eigenvalue weighted by molar-refractivity contribution is 4.51. The largest absolute Gasteiger partial charge is 0.344 e. The molecule has 0 saturated heterocycles. The molecule has 0 radical (unpaired) electrons. The fourth-order valence-corrected chi connectivity index (χ4v) is 2.52. The van der Waals surface area contributed by atoms with Crippen molar-refractivity contribution in [2.45, 2.75) is 104 Å². The Morgan fingerprint density at radius 2 is 0.800 bits per heavy atom. The van der Waals surface area contributed by atoms with Gasteiger partial charge in [-0.3, -0.25) is 0 Å². The lowest BCUT2D eigenvalue weighted by Crippen LogP contribution is -2.16. The first kappa shape index (κ1) is 22.2. The first-order valence-electron chi connectivity index (χ1n) is 9.12. The average Bonchev–Trinajstić information content (AvgIpc) is 2.43. The van der Waals surface area contributed by atoms with Crippen LogP contribution in [0, 0.1) is 0 Å². The summed E-state index contributed by atoms with van der Waals surface area (Å²) in [6.45, 7) is 7.00. The van der Waals surface area contributed by atoms with Crippen molar-refractivity contribution in [1.82, 2.24) is 11.5 Å². The zero-order valence-electron chi connectivity index (χ0n) is 14.5. The number of unbranched alkanes of at least 4 members (excludes halogenated alkanes) is 12. The first-order chi connectivity index (χ1) is 9.41. The summed E-state index contributed by atoms with van der Waals surface area (Å²) in [7, 11) is 0. The first-order valence-corrected chi connectivity index (χ1v) is 9.12. The number of hydrogen-bond acceptors (Lipinski definition) is 2. The number of nitrogens with one attached hydrogen (secondary N) is 1. The molecule has 124 valence electrons. The minimum Gasteiger partial charge on any atom is -0.344 e. The van der Waals surface area contributed by atoms with Gasteiger partial charge in [0.2, 0.25) is 0 Å². The Balaban J connectivity index is 0. The molecule has 0 heterocycles. The molecule has 0 aliphatic heterocycles. The summed E-state index contributed by atoms with van der Waals surface area (Å²) in [6.07, 6.45) is 20.0. The maximum atomic E-state index is 3.52. The fourth-order valence-electron chi connectivity index (χ4n) is 2.52. The minimum atomic E-state index is 0. The van der Waals surface area contributed by atoms with Crippen molar-refractivity contribution in [2.24, 2.45) is 0 Å². The summed E-state index contributed by atoms with van der Waals surface area (Å²) >= 11 is 0. The van der Waals surface area contributed by atoms with Gasteiger partial charge in [-0.15, -0.1) is 0 Å². The molecule has 0 aromatic carbocycles. The van der Waals surface area contributed by atoms with Gasteiger partial charge >= 0.3 is 0 Å². The molecule has 0 atom stereocenters. The third-order valence-electron chi connectivity index (χ3n) is 3.91. The summed E-state index contributed by atoms with van der Waals surface area (Å²) < 4.78 is 0. The van der Waals surface area contributed by atoms with Crippen LogP contribution < -0.4 is 11.5 Å². The SMILES string of the molecule is CCCCCCCCCCCCCCNCCCC.N. The van der Waals surface area contributed by atoms with Crippen molar-refractivity contribution in [1.29, 1.82) is 0 Å². The predicted molar refractivity (Wildman–Crippen MR) is 93.9 cm³/mol. The van der Waals surface area contributed by atoms with E-state index in [0.717, 1.165) is 0 Å². The van der Waals surface area contributed by atoms with Crippen LogP contribution in [0.5, 0.6) is 0 Å². The number of hydrogen-bond donors (Lipinski definition) is 2. The normalized spacial score (nSPS) is 10.5. The lowest BCUT2D eigenvalue weighted by molar-refractivity contribution is 0.533. The third-order valence-corrected chi connectivity index (χ3v) is 3.91. The summed E-state index contributed by atoms with van der Waals surface area (Å²) in [5.74, 6) is 0. The molecule has 0 bridgehead atoms. The quantitative estimate of drug-likeness (QED) is 0.330. The Hall–Kier alpha value is -0.0800. The van der Waals surface area contributed by atoms with Gasteiger partial charge < -0.3 is 11.5 Å². The Kier molecular flexibility index (Phi) is 23.6. The average molecular weight is 287 g/mol. The van der Waals surface area contributed by atoms with E-state index in [4.69, 9.17) is 0 Å². The second-order valence-electron chi connectivity index (χ2n) is 5.99. The van der Waals surface area contributed by atoms with Gasteiger partial charge in [0.05, 0.1) is 0 Å². The van der Waals surface area contributed by atoms with E-state index in [1.807, 2.05) is 0 Å². The van der Waals surface area contributed by atoms with E-state index in [1.165, 1.54) is 103 Å². The molecule has 0 amide bonds. The summed E-state index contributed by atoms with van der Waals surface area (Å²) in [4.78, 5) is 0. The molecule has 4 N–H and O–H groups in total. The lowest BCUT2D eigenvalue weighted by Gasteiger charge is -2.04. The van der Waals surface area contributed by atoms with Crippen LogP contribution in [0.15, 0.2) is 0 Å². The van der Waals surface area contributed by atoms with Crippen molar-refractivity contribution < 1.29 is 0 Å². The summed E-state index contributed by atoms with van der Waals surface area (Å²) in [5, 5.41) is 3.52. The topological polar surface area (TPSA) is 47.0 Å². The summed E-state index contributed by atoms with van der Waals surface area (Å²) in [5.41, 5.74) is 0. The Bertz CT molecular complexity index is 132. The van der Waals surface area contributed by atoms with Crippen molar-refractivity contribution in [3.63, 3.8) is 0 Å². The van der Waals surface area contributed by atoms with E-state index >= 15 is 0 Å². The molecule has 2 nitrogen and oxygen atoms in total. The highest BCUT2D eigenvalue weighted by Gasteiger charge is 1.93. The van der Waals surface area contributed by atoms with Crippen molar-refractivity contribution in [2.75, 3.05) is 13.1 Å². The Labute approximate surface area is 129 Å². The van der Waals surface area contributed by atoms with Gasteiger partial charge in [0.25, 0.3) is 0 Å². The molecule has 0 aliphatic carbocycles. The smallest absolute Gasteiger partial charge is 0.00489 e. The molecule has 2 heteroatoms. The van der Waals surface area contributed by atoms with Crippen molar-refractivity contribution in [3.05, 3.63) is 0 Å². The van der Waals surface area contributed by atoms with Crippen LogP contribution in [-0.2, 0) is 0 Å². The predicted octanol–water partition coefficient (Wildman–Crippen LogP) is 6.24. The third kappa shape index (κ3) is 20.2. The molecule has 0 aromatic rings. The van der Waals surface area contributed by atoms with Gasteiger partial charge in [-0.1, -0.05) is 90.9 Å². The van der Waals surface area contributed by atoms with Gasteiger partial charge in [-0.2, -0.15) is 0 Å². The van der Waals surface area contributed by atoms with E-state index in [2.05, 4.69) is 19.2 Å². The lowest BCUT2D eigenvalue weighted by atomic mass is 10.1. The van der Waals surface area contributed by atoms with Gasteiger partial charge in [0.15, 0.2) is 0 Å². The summed E-state index contributed by atoms with van der Waals surface area (Å²) in [6, 6.07) is 0. The van der Waals surface area contributed by atoms with E-state index in [9.17, 15) is 0 Å². The van der Waals surface area contributed by atoms with Crippen LogP contribution >= 0.6 is 0 Å². The molecule has 0 saturated carbocycles. The molecule has 20 heavy (non-hydrogen) atoms. The Morgan fingerprint density at radius 3 is 1.25 bits per heavy atom. The van der Waals surface area contributed by atoms with Crippen LogP contribution in [-0.4, -0.2) is 13.1 Å². The molecule has 0 aromatic heterocycles. The second-order valence-corrected chi connectivity index (χ2v) is 5.99. The van der Waals surface area contributed by atoms with E-state index in [0.29, 0.717) is 0 Å². The fraction of sp³-hybridized carbons (Fsp3) is 1.00. The monoisotopic (exact) mass is 286 g/mol. The van der Waals surface area contributed by atoms with Crippen LogP contribution in [0.25, 0.3) is 0 Å². The standard InChI is InChI=1S/C18H39N.H3N/c1-3-5-7-8-9-10-11-12-13-14-15-16-18-19-17-6-4-2;/h19H,3-18H2,1-2H3;1H3. The maximum absolute atomic E-state index is 3.52. The second kappa shape index (κ2) is 21.2. The van der Waals surface area contributed by atoms with Gasteiger partial charge in [0, 0.05) is 0 Å². The minimum absolute atomic E-state index is 0. The number of rotatable bonds is 16. The van der Waals surface area contributed by atoms with Gasteiger partial charge in [0.1, 0.15) is 0 Å². The van der Waals surface area contributed by atoms with Crippen LogP contribution in [0.1, 0.15) is 104 Å². The zero-order valence-corrected chi connectivity index (χ0v) is 14.5. The molecule has 0 aliphatic rings. The maximum Gasteiger partial charge on any atom is -0.00489 e. The van der Waals surface area contributed by atoms with E-state index in [-0.39, 0.29) is 6.15 Å². The highest BCUT2D eigenvalue weighted by Crippen LogP contribution is 2.11. The molecule has 0 unspecified atom stereocenters. The molecule has 0 spiro atoms. The van der Waals surface area contributed by atoms with Crippen molar-refractivity contribution in [3.8, 4) is 0 Å². The highest BCUT2D eigenvalue weighted by atomic mass is 14.8. The van der Waals surface area contributed by atoms with Crippen LogP contribution in [0.3, 0.4) is 0 Å². The molecular formula is C18H42N2. The molecule has 0 fully saturated rings. The van der Waals surface area contributed by atoms with E-state index < -0.39 is 0 Å². The molecular weight excluding hydrogens is 244 g/mol. The Morgan fingerprint density at radius 1 is 0.450 bits per heavy atom. The van der Waals surface area contributed by atoms with Crippen LogP contribution in [0.2, 0.25) is 0 Å². The van der Waals surface area contributed by atoms with Gasteiger partial charge in [-0.05, 0) is 25.9 Å². The van der Waals surface area contributed by atoms with Crippen LogP contribution in [0.4, 0.5) is 0 Å². The van der Waals surface area contributed by atoms with Gasteiger partial charge in [-0.25, -0.2) is 0 Å². The van der Waals surface area contributed by atoms with E-state index in [1.54, 1.807) is 0 Å². The zero-order chi connectivity index (χ0) is 14.0. The molecule has 0 rings (SSSR count).